The summed E-state index contributed by atoms with van der Waals surface area (Å²) in [4.78, 5) is 9.59. The molecule has 0 atom stereocenters. The van der Waals surface area contributed by atoms with Gasteiger partial charge < -0.3 is 9.47 Å². The summed E-state index contributed by atoms with van der Waals surface area (Å²) in [6.45, 7) is 1.81. The van der Waals surface area contributed by atoms with Gasteiger partial charge in [-0.2, -0.15) is 0 Å². The van der Waals surface area contributed by atoms with Gasteiger partial charge in [0.15, 0.2) is 0 Å². The van der Waals surface area contributed by atoms with Crippen LogP contribution in [0.1, 0.15) is 0 Å². The summed E-state index contributed by atoms with van der Waals surface area (Å²) in [6.07, 6.45) is 4.94. The van der Waals surface area contributed by atoms with Crippen molar-refractivity contribution in [3.05, 3.63) is 4.91 Å². The molecule has 0 aliphatic rings. The molecular formula is C7H11NO3S. The zero-order valence-corrected chi connectivity index (χ0v) is 7.51. The summed E-state index contributed by atoms with van der Waals surface area (Å²) >= 11 is 0.948. The lowest BCUT2D eigenvalue weighted by molar-refractivity contribution is 0.0674. The van der Waals surface area contributed by atoms with Gasteiger partial charge in [0.05, 0.1) is 19.8 Å². The molecule has 0 amide bonds. The van der Waals surface area contributed by atoms with E-state index in [0.29, 0.717) is 32.2 Å². The van der Waals surface area contributed by atoms with E-state index in [-0.39, 0.29) is 0 Å². The normalized spacial score (nSPS) is 9.25. The molecule has 0 N–H and O–H groups in total. The minimum atomic E-state index is 0.313. The number of ether oxygens (including phenoxy) is 2. The quantitative estimate of drug-likeness (QED) is 0.248. The molecule has 0 saturated heterocycles. The fraction of sp³-hybridized carbons (Fsp3) is 0.714. The van der Waals surface area contributed by atoms with E-state index in [9.17, 15) is 4.91 Å². The van der Waals surface area contributed by atoms with Crippen LogP contribution in [0.5, 0.6) is 0 Å². The summed E-state index contributed by atoms with van der Waals surface area (Å²) in [6, 6.07) is 0. The van der Waals surface area contributed by atoms with Crippen LogP contribution in [0.3, 0.4) is 0 Å². The molecule has 0 aromatic heterocycles. The minimum Gasteiger partial charge on any atom is -0.378 e. The average Bonchev–Trinajstić information content (AvgIpc) is 2.10. The second-order valence-electron chi connectivity index (χ2n) is 1.78. The Labute approximate surface area is 76.1 Å². The molecule has 0 spiro atoms. The number of terminal acetylenes is 1. The van der Waals surface area contributed by atoms with E-state index in [1.807, 2.05) is 0 Å². The highest BCUT2D eigenvalue weighted by molar-refractivity contribution is 7.97. The van der Waals surface area contributed by atoms with Crippen molar-refractivity contribution in [2.24, 2.45) is 4.58 Å². The van der Waals surface area contributed by atoms with E-state index in [0.717, 1.165) is 11.9 Å². The van der Waals surface area contributed by atoms with Gasteiger partial charge in [-0.1, -0.05) is 5.92 Å². The van der Waals surface area contributed by atoms with Gasteiger partial charge in [0.2, 0.25) is 0 Å². The van der Waals surface area contributed by atoms with Crippen molar-refractivity contribution in [3.8, 4) is 12.3 Å². The number of rotatable bonds is 8. The lowest BCUT2D eigenvalue weighted by Gasteiger charge is -2.01. The van der Waals surface area contributed by atoms with Crippen LogP contribution in [0.25, 0.3) is 0 Å². The third-order valence-electron chi connectivity index (χ3n) is 0.929. The largest absolute Gasteiger partial charge is 0.378 e. The predicted octanol–water partition coefficient (Wildman–Crippen LogP) is 1.07. The van der Waals surface area contributed by atoms with Crippen LogP contribution in [0.2, 0.25) is 0 Å². The van der Waals surface area contributed by atoms with Crippen molar-refractivity contribution >= 4 is 11.9 Å². The Morgan fingerprint density at radius 3 is 2.75 bits per heavy atom. The van der Waals surface area contributed by atoms with E-state index in [1.54, 1.807) is 0 Å². The van der Waals surface area contributed by atoms with Gasteiger partial charge in [0.1, 0.15) is 6.61 Å². The number of nitrogens with zero attached hydrogens (tertiary/aromatic N) is 1. The molecule has 0 saturated carbocycles. The monoisotopic (exact) mass is 189 g/mol. The average molecular weight is 189 g/mol. The van der Waals surface area contributed by atoms with Gasteiger partial charge in [-0.3, -0.25) is 0 Å². The standard InChI is InChI=1S/C7H11NO3S/c1-2-3-10-4-5-11-6-7-12-8-9/h1H,3-7H2. The molecule has 0 fully saturated rings. The highest BCUT2D eigenvalue weighted by Crippen LogP contribution is 1.98. The van der Waals surface area contributed by atoms with Gasteiger partial charge >= 0.3 is 0 Å². The van der Waals surface area contributed by atoms with E-state index < -0.39 is 0 Å². The molecule has 0 unspecified atom stereocenters. The Morgan fingerprint density at radius 1 is 1.33 bits per heavy atom. The Morgan fingerprint density at radius 2 is 2.08 bits per heavy atom. The van der Waals surface area contributed by atoms with Crippen LogP contribution in [0.4, 0.5) is 0 Å². The maximum Gasteiger partial charge on any atom is 0.107 e. The molecule has 0 heterocycles. The zero-order valence-electron chi connectivity index (χ0n) is 6.69. The summed E-state index contributed by atoms with van der Waals surface area (Å²) in [7, 11) is 0. The third-order valence-corrected chi connectivity index (χ3v) is 1.38. The minimum absolute atomic E-state index is 0.313. The first-order valence-electron chi connectivity index (χ1n) is 3.45. The SMILES string of the molecule is C#CCOCCOCCSN=O. The first-order valence-corrected chi connectivity index (χ1v) is 4.39. The maximum atomic E-state index is 9.59. The van der Waals surface area contributed by atoms with Crippen LogP contribution in [0, 0.1) is 17.3 Å². The molecule has 4 nitrogen and oxygen atoms in total. The highest BCUT2D eigenvalue weighted by atomic mass is 32.2. The number of hydrogen-bond donors (Lipinski definition) is 0. The van der Waals surface area contributed by atoms with Crippen molar-refractivity contribution in [2.75, 3.05) is 32.2 Å². The molecule has 68 valence electrons. The smallest absolute Gasteiger partial charge is 0.107 e. The van der Waals surface area contributed by atoms with Crippen molar-refractivity contribution in [1.29, 1.82) is 0 Å². The number of hydrogen-bond acceptors (Lipinski definition) is 5. The van der Waals surface area contributed by atoms with E-state index in [1.165, 1.54) is 0 Å². The van der Waals surface area contributed by atoms with Gasteiger partial charge in [-0.25, -0.2) is 0 Å². The predicted molar refractivity (Wildman–Crippen MR) is 48.7 cm³/mol. The molecular weight excluding hydrogens is 178 g/mol. The number of nitroso groups, excluding NO2 is 1. The summed E-state index contributed by atoms with van der Waals surface area (Å²) in [5.41, 5.74) is 0. The van der Waals surface area contributed by atoms with E-state index >= 15 is 0 Å². The maximum absolute atomic E-state index is 9.59. The van der Waals surface area contributed by atoms with Gasteiger partial charge in [0.25, 0.3) is 0 Å². The third kappa shape index (κ3) is 9.43. The molecule has 0 aliphatic carbocycles. The zero-order chi connectivity index (χ0) is 9.07. The first-order chi connectivity index (χ1) is 5.91. The Bertz CT molecular complexity index is 146. The first kappa shape index (κ1) is 11.4. The fourth-order valence-corrected chi connectivity index (χ4v) is 0.751. The van der Waals surface area contributed by atoms with Crippen molar-refractivity contribution in [2.45, 2.75) is 0 Å². The highest BCUT2D eigenvalue weighted by Gasteiger charge is 1.89. The Kier molecular flexibility index (Phi) is 9.93. The van der Waals surface area contributed by atoms with Crippen LogP contribution < -0.4 is 0 Å². The van der Waals surface area contributed by atoms with Gasteiger partial charge in [-0.05, 0) is 0 Å². The van der Waals surface area contributed by atoms with Crippen LogP contribution in [-0.2, 0) is 9.47 Å². The molecule has 0 rings (SSSR count). The van der Waals surface area contributed by atoms with E-state index in [4.69, 9.17) is 15.9 Å². The van der Waals surface area contributed by atoms with E-state index in [2.05, 4.69) is 10.5 Å². The van der Waals surface area contributed by atoms with Gasteiger partial charge in [-0.15, -0.1) is 11.3 Å². The fourth-order valence-electron chi connectivity index (χ4n) is 0.484. The second kappa shape index (κ2) is 10.4. The van der Waals surface area contributed by atoms with Crippen molar-refractivity contribution in [3.63, 3.8) is 0 Å². The lowest BCUT2D eigenvalue weighted by Crippen LogP contribution is -2.06. The van der Waals surface area contributed by atoms with Gasteiger partial charge in [0, 0.05) is 22.3 Å². The van der Waals surface area contributed by atoms with Crippen LogP contribution in [0.15, 0.2) is 4.58 Å². The van der Waals surface area contributed by atoms with Crippen molar-refractivity contribution < 1.29 is 9.47 Å². The molecule has 0 radical (unpaired) electrons. The molecule has 5 heteroatoms. The molecule has 12 heavy (non-hydrogen) atoms. The molecule has 0 aromatic rings. The second-order valence-corrected chi connectivity index (χ2v) is 2.59. The summed E-state index contributed by atoms with van der Waals surface area (Å²) < 4.78 is 12.6. The molecule has 0 aromatic carbocycles. The lowest BCUT2D eigenvalue weighted by atomic mass is 10.7. The summed E-state index contributed by atoms with van der Waals surface area (Å²) in [5.74, 6) is 2.92. The summed E-state index contributed by atoms with van der Waals surface area (Å²) in [5, 5.41) is 0. The Balaban J connectivity index is 2.82. The molecule has 0 aliphatic heterocycles. The van der Waals surface area contributed by atoms with Crippen LogP contribution in [-0.4, -0.2) is 32.2 Å². The van der Waals surface area contributed by atoms with Crippen molar-refractivity contribution in [1.82, 2.24) is 0 Å². The van der Waals surface area contributed by atoms with Crippen LogP contribution >= 0.6 is 11.9 Å². The molecule has 0 bridgehead atoms. The Hall–Kier alpha value is -0.570. The topological polar surface area (TPSA) is 47.9 Å².